The Morgan fingerprint density at radius 2 is 1.96 bits per heavy atom. The van der Waals surface area contributed by atoms with Gasteiger partial charge in [-0.15, -0.1) is 0 Å². The summed E-state index contributed by atoms with van der Waals surface area (Å²) in [5.74, 6) is 1.06. The number of aryl methyl sites for hydroxylation is 1. The predicted molar refractivity (Wildman–Crippen MR) is 102 cm³/mol. The average molecular weight is 358 g/mol. The molecule has 0 spiro atoms. The van der Waals surface area contributed by atoms with Gasteiger partial charge in [-0.1, -0.05) is 19.9 Å². The van der Waals surface area contributed by atoms with Gasteiger partial charge in [0.2, 0.25) is 5.91 Å². The molecule has 0 radical (unpaired) electrons. The minimum atomic E-state index is -0.0511. The predicted octanol–water partition coefficient (Wildman–Crippen LogP) is 3.62. The molecule has 3 atom stereocenters. The first kappa shape index (κ1) is 18.9. The first-order valence-electron chi connectivity index (χ1n) is 9.73. The number of likely N-dealkylation sites (tertiary alicyclic amines) is 1. The van der Waals surface area contributed by atoms with Crippen LogP contribution in [-0.2, 0) is 9.53 Å². The van der Waals surface area contributed by atoms with Crippen LogP contribution in [0, 0.1) is 18.8 Å². The van der Waals surface area contributed by atoms with Gasteiger partial charge >= 0.3 is 0 Å². The maximum absolute atomic E-state index is 12.9. The monoisotopic (exact) mass is 358 g/mol. The minimum Gasteiger partial charge on any atom is -0.378 e. The number of benzene rings is 1. The maximum atomic E-state index is 12.9. The van der Waals surface area contributed by atoms with Gasteiger partial charge in [-0.25, -0.2) is 0 Å². The molecule has 142 valence electrons. The lowest BCUT2D eigenvalue weighted by molar-refractivity contribution is -0.118. The number of hydrogen-bond acceptors (Lipinski definition) is 3. The number of amides is 2. The lowest BCUT2D eigenvalue weighted by atomic mass is 9.91. The molecule has 2 heterocycles. The van der Waals surface area contributed by atoms with Crippen molar-refractivity contribution in [3.63, 3.8) is 0 Å². The van der Waals surface area contributed by atoms with Gasteiger partial charge < -0.3 is 15.0 Å². The second-order valence-corrected chi connectivity index (χ2v) is 8.07. The van der Waals surface area contributed by atoms with Crippen LogP contribution in [0.2, 0.25) is 0 Å². The Morgan fingerprint density at radius 1 is 1.23 bits per heavy atom. The molecule has 2 aliphatic rings. The fraction of sp³-hybridized carbons (Fsp3) is 0.619. The third-order valence-electron chi connectivity index (χ3n) is 5.35. The van der Waals surface area contributed by atoms with E-state index in [1.54, 1.807) is 0 Å². The van der Waals surface area contributed by atoms with Gasteiger partial charge in [-0.05, 0) is 55.7 Å². The van der Waals surface area contributed by atoms with Crippen molar-refractivity contribution < 1.29 is 14.3 Å². The van der Waals surface area contributed by atoms with Crippen molar-refractivity contribution >= 4 is 17.5 Å². The lowest BCUT2D eigenvalue weighted by Crippen LogP contribution is -2.42. The molecule has 3 rings (SSSR count). The summed E-state index contributed by atoms with van der Waals surface area (Å²) < 4.78 is 5.53. The zero-order valence-electron chi connectivity index (χ0n) is 16.1. The van der Waals surface area contributed by atoms with E-state index in [0.717, 1.165) is 43.8 Å². The number of hydrogen-bond donors (Lipinski definition) is 1. The van der Waals surface area contributed by atoms with E-state index in [-0.39, 0.29) is 17.9 Å². The highest BCUT2D eigenvalue weighted by Crippen LogP contribution is 2.25. The van der Waals surface area contributed by atoms with Crippen molar-refractivity contribution in [2.75, 3.05) is 25.0 Å². The van der Waals surface area contributed by atoms with Crippen molar-refractivity contribution in [3.8, 4) is 0 Å². The van der Waals surface area contributed by atoms with Gasteiger partial charge in [0.05, 0.1) is 12.5 Å². The Hall–Kier alpha value is -1.88. The summed E-state index contributed by atoms with van der Waals surface area (Å²) >= 11 is 0. The number of nitrogens with zero attached hydrogens (tertiary/aromatic N) is 1. The van der Waals surface area contributed by atoms with Crippen molar-refractivity contribution in [1.82, 2.24) is 4.90 Å². The molecule has 2 amide bonds. The smallest absolute Gasteiger partial charge is 0.253 e. The molecular formula is C21H30N2O3. The quantitative estimate of drug-likeness (QED) is 0.894. The highest BCUT2D eigenvalue weighted by Gasteiger charge is 2.26. The molecular weight excluding hydrogens is 328 g/mol. The van der Waals surface area contributed by atoms with Crippen LogP contribution in [0.1, 0.15) is 55.5 Å². The number of piperidine rings is 1. The van der Waals surface area contributed by atoms with Gasteiger partial charge in [0.1, 0.15) is 0 Å². The third kappa shape index (κ3) is 4.64. The van der Waals surface area contributed by atoms with Crippen molar-refractivity contribution in [3.05, 3.63) is 29.3 Å². The van der Waals surface area contributed by atoms with Crippen molar-refractivity contribution in [2.24, 2.45) is 11.8 Å². The van der Waals surface area contributed by atoms with E-state index < -0.39 is 0 Å². The zero-order valence-corrected chi connectivity index (χ0v) is 16.1. The second kappa shape index (κ2) is 8.21. The number of ether oxygens (including phenoxy) is 1. The van der Waals surface area contributed by atoms with Crippen LogP contribution in [0.5, 0.6) is 0 Å². The zero-order chi connectivity index (χ0) is 18.7. The minimum absolute atomic E-state index is 0.0245. The number of carbonyl (C=O) groups excluding carboxylic acids is 2. The SMILES string of the molecule is Cc1ccc(C(=O)N2CC(C)CC(C)C2)cc1NC(=O)CC1CCCO1. The molecule has 1 aromatic rings. The van der Waals surface area contributed by atoms with E-state index in [1.807, 2.05) is 30.0 Å². The van der Waals surface area contributed by atoms with Crippen LogP contribution >= 0.6 is 0 Å². The van der Waals surface area contributed by atoms with Crippen molar-refractivity contribution in [1.29, 1.82) is 0 Å². The van der Waals surface area contributed by atoms with E-state index in [2.05, 4.69) is 19.2 Å². The first-order valence-corrected chi connectivity index (χ1v) is 9.73. The van der Waals surface area contributed by atoms with Crippen LogP contribution in [-0.4, -0.2) is 42.5 Å². The molecule has 26 heavy (non-hydrogen) atoms. The number of anilines is 1. The average Bonchev–Trinajstić information content (AvgIpc) is 3.08. The molecule has 2 fully saturated rings. The van der Waals surface area contributed by atoms with Crippen LogP contribution in [0.4, 0.5) is 5.69 Å². The van der Waals surface area contributed by atoms with Crippen LogP contribution in [0.15, 0.2) is 18.2 Å². The van der Waals surface area contributed by atoms with Gasteiger partial charge in [-0.2, -0.15) is 0 Å². The molecule has 2 aliphatic heterocycles. The molecule has 1 aromatic carbocycles. The molecule has 5 nitrogen and oxygen atoms in total. The van der Waals surface area contributed by atoms with E-state index in [0.29, 0.717) is 23.8 Å². The highest BCUT2D eigenvalue weighted by molar-refractivity contribution is 5.98. The first-order chi connectivity index (χ1) is 12.4. The molecule has 5 heteroatoms. The van der Waals surface area contributed by atoms with Gasteiger partial charge in [0, 0.05) is 30.9 Å². The van der Waals surface area contributed by atoms with Crippen LogP contribution in [0.25, 0.3) is 0 Å². The van der Waals surface area contributed by atoms with Crippen LogP contribution in [0.3, 0.4) is 0 Å². The molecule has 0 saturated carbocycles. The molecule has 0 aromatic heterocycles. The molecule has 1 N–H and O–H groups in total. The summed E-state index contributed by atoms with van der Waals surface area (Å²) in [5.41, 5.74) is 2.32. The molecule has 2 saturated heterocycles. The van der Waals surface area contributed by atoms with Gasteiger partial charge in [0.25, 0.3) is 5.91 Å². The number of rotatable bonds is 4. The van der Waals surface area contributed by atoms with E-state index >= 15 is 0 Å². The Bertz CT molecular complexity index is 657. The molecule has 0 aliphatic carbocycles. The van der Waals surface area contributed by atoms with E-state index in [9.17, 15) is 9.59 Å². The van der Waals surface area contributed by atoms with Crippen molar-refractivity contribution in [2.45, 2.75) is 52.6 Å². The number of nitrogens with one attached hydrogen (secondary N) is 1. The van der Waals surface area contributed by atoms with Gasteiger partial charge in [0.15, 0.2) is 0 Å². The summed E-state index contributed by atoms with van der Waals surface area (Å²) in [6, 6.07) is 5.58. The molecule has 3 unspecified atom stereocenters. The number of carbonyl (C=O) groups is 2. The summed E-state index contributed by atoms with van der Waals surface area (Å²) in [6.45, 7) is 8.69. The Balaban J connectivity index is 1.68. The van der Waals surface area contributed by atoms with E-state index in [4.69, 9.17) is 4.74 Å². The van der Waals surface area contributed by atoms with Crippen LogP contribution < -0.4 is 5.32 Å². The van der Waals surface area contributed by atoms with E-state index in [1.165, 1.54) is 6.42 Å². The summed E-state index contributed by atoms with van der Waals surface area (Å²) in [5, 5.41) is 2.96. The molecule has 0 bridgehead atoms. The highest BCUT2D eigenvalue weighted by atomic mass is 16.5. The third-order valence-corrected chi connectivity index (χ3v) is 5.35. The maximum Gasteiger partial charge on any atom is 0.253 e. The Labute approximate surface area is 156 Å². The largest absolute Gasteiger partial charge is 0.378 e. The fourth-order valence-corrected chi connectivity index (χ4v) is 4.11. The Kier molecular flexibility index (Phi) is 5.97. The lowest BCUT2D eigenvalue weighted by Gasteiger charge is -2.35. The van der Waals surface area contributed by atoms with Gasteiger partial charge in [-0.3, -0.25) is 9.59 Å². The Morgan fingerprint density at radius 3 is 2.62 bits per heavy atom. The fourth-order valence-electron chi connectivity index (χ4n) is 4.11. The summed E-state index contributed by atoms with van der Waals surface area (Å²) in [6.07, 6.45) is 3.53. The standard InChI is InChI=1S/C21H30N2O3/c1-14-9-15(2)13-23(12-14)21(25)17-7-6-16(3)19(10-17)22-20(24)11-18-5-4-8-26-18/h6-7,10,14-15,18H,4-5,8-9,11-13H2,1-3H3,(H,22,24). The topological polar surface area (TPSA) is 58.6 Å². The summed E-state index contributed by atoms with van der Waals surface area (Å²) in [7, 11) is 0. The summed E-state index contributed by atoms with van der Waals surface area (Å²) in [4.78, 5) is 27.2. The normalized spacial score (nSPS) is 26.0. The second-order valence-electron chi connectivity index (χ2n) is 8.07.